The van der Waals surface area contributed by atoms with E-state index in [1.54, 1.807) is 12.3 Å². The second-order valence-electron chi connectivity index (χ2n) is 4.53. The highest BCUT2D eigenvalue weighted by molar-refractivity contribution is 9.10. The van der Waals surface area contributed by atoms with Gasteiger partial charge in [0.1, 0.15) is 5.82 Å². The molecule has 0 aliphatic carbocycles. The van der Waals surface area contributed by atoms with Gasteiger partial charge in [0.25, 0.3) is 0 Å². The zero-order valence-corrected chi connectivity index (χ0v) is 12.6. The summed E-state index contributed by atoms with van der Waals surface area (Å²) in [6, 6.07) is 12.5. The Kier molecular flexibility index (Phi) is 4.01. The maximum atomic E-state index is 13.0. The molecule has 0 radical (unpaired) electrons. The Bertz CT molecular complexity index is 727. The average Bonchev–Trinajstić information content (AvgIpc) is 3.01. The third-order valence-electron chi connectivity index (χ3n) is 3.10. The molecule has 0 atom stereocenters. The van der Waals surface area contributed by atoms with Crippen LogP contribution in [0.1, 0.15) is 5.56 Å². The van der Waals surface area contributed by atoms with Crippen LogP contribution in [0, 0.1) is 5.82 Å². The van der Waals surface area contributed by atoms with Crippen LogP contribution in [-0.4, -0.2) is 4.98 Å². The molecule has 1 aromatic heterocycles. The molecule has 0 fully saturated rings. The molecular formula is C16H12BrFN2O. The van der Waals surface area contributed by atoms with Crippen molar-refractivity contribution in [1.29, 1.82) is 0 Å². The number of aromatic nitrogens is 1. The first-order valence-electron chi connectivity index (χ1n) is 6.39. The van der Waals surface area contributed by atoms with Crippen molar-refractivity contribution in [2.45, 2.75) is 6.54 Å². The van der Waals surface area contributed by atoms with Crippen LogP contribution in [-0.2, 0) is 6.54 Å². The van der Waals surface area contributed by atoms with Crippen molar-refractivity contribution in [1.82, 2.24) is 4.98 Å². The first-order chi connectivity index (χ1) is 10.2. The van der Waals surface area contributed by atoms with Gasteiger partial charge in [0, 0.05) is 22.3 Å². The molecule has 5 heteroatoms. The van der Waals surface area contributed by atoms with Gasteiger partial charge in [-0.15, -0.1) is 0 Å². The van der Waals surface area contributed by atoms with Gasteiger partial charge in [-0.2, -0.15) is 0 Å². The van der Waals surface area contributed by atoms with Crippen LogP contribution in [0.15, 0.2) is 63.9 Å². The van der Waals surface area contributed by atoms with E-state index < -0.39 is 0 Å². The Balaban J connectivity index is 1.68. The Morgan fingerprint density at radius 1 is 1.14 bits per heavy atom. The highest BCUT2D eigenvalue weighted by atomic mass is 79.9. The van der Waals surface area contributed by atoms with Crippen LogP contribution >= 0.6 is 15.9 Å². The van der Waals surface area contributed by atoms with E-state index in [1.807, 2.05) is 24.3 Å². The molecule has 0 unspecified atom stereocenters. The fraction of sp³-hybridized carbons (Fsp3) is 0.0625. The summed E-state index contributed by atoms with van der Waals surface area (Å²) >= 11 is 3.36. The fourth-order valence-electron chi connectivity index (χ4n) is 1.97. The summed E-state index contributed by atoms with van der Waals surface area (Å²) < 4.78 is 19.0. The molecular weight excluding hydrogens is 335 g/mol. The first-order valence-corrected chi connectivity index (χ1v) is 7.18. The molecule has 21 heavy (non-hydrogen) atoms. The number of nitrogens with one attached hydrogen (secondary N) is 1. The van der Waals surface area contributed by atoms with Gasteiger partial charge in [0.2, 0.25) is 0 Å². The molecule has 3 nitrogen and oxygen atoms in total. The number of nitrogens with zero attached hydrogens (tertiary/aromatic N) is 1. The van der Waals surface area contributed by atoms with E-state index in [0.29, 0.717) is 6.54 Å². The minimum Gasteiger partial charge on any atom is -0.444 e. The zero-order valence-electron chi connectivity index (χ0n) is 11.0. The molecule has 1 N–H and O–H groups in total. The van der Waals surface area contributed by atoms with Crippen LogP contribution in [0.3, 0.4) is 0 Å². The largest absolute Gasteiger partial charge is 0.444 e. The van der Waals surface area contributed by atoms with Crippen molar-refractivity contribution < 1.29 is 8.81 Å². The van der Waals surface area contributed by atoms with Gasteiger partial charge in [0.15, 0.2) is 12.2 Å². The average molecular weight is 347 g/mol. The van der Waals surface area contributed by atoms with Gasteiger partial charge < -0.3 is 9.73 Å². The van der Waals surface area contributed by atoms with Gasteiger partial charge in [-0.3, -0.25) is 0 Å². The lowest BCUT2D eigenvalue weighted by Crippen LogP contribution is -2.00. The van der Waals surface area contributed by atoms with E-state index in [4.69, 9.17) is 4.42 Å². The minimum absolute atomic E-state index is 0.248. The highest BCUT2D eigenvalue weighted by Crippen LogP contribution is 2.22. The summed E-state index contributed by atoms with van der Waals surface area (Å²) in [5.74, 6) is 0.491. The topological polar surface area (TPSA) is 38.1 Å². The Morgan fingerprint density at radius 3 is 2.62 bits per heavy atom. The summed E-state index contributed by atoms with van der Waals surface area (Å²) in [6.45, 7) is 0.614. The van der Waals surface area contributed by atoms with Crippen molar-refractivity contribution >= 4 is 21.6 Å². The monoisotopic (exact) mass is 346 g/mol. The number of hydrogen-bond acceptors (Lipinski definition) is 3. The summed E-state index contributed by atoms with van der Waals surface area (Å²) in [4.78, 5) is 3.90. The molecule has 1 heterocycles. The Morgan fingerprint density at radius 2 is 1.95 bits per heavy atom. The molecule has 2 aromatic carbocycles. The molecule has 0 spiro atoms. The summed E-state index contributed by atoms with van der Waals surface area (Å²) in [7, 11) is 0. The van der Waals surface area contributed by atoms with Gasteiger partial charge in [-0.1, -0.05) is 22.0 Å². The summed E-state index contributed by atoms with van der Waals surface area (Å²) in [5, 5.41) is 3.30. The molecule has 0 aliphatic heterocycles. The Labute approximate surface area is 130 Å². The summed E-state index contributed by atoms with van der Waals surface area (Å²) in [5.41, 5.74) is 2.95. The highest BCUT2D eigenvalue weighted by Gasteiger charge is 2.03. The van der Waals surface area contributed by atoms with Crippen molar-refractivity contribution in [3.8, 4) is 11.3 Å². The van der Waals surface area contributed by atoms with E-state index in [2.05, 4.69) is 26.2 Å². The predicted molar refractivity (Wildman–Crippen MR) is 83.4 cm³/mol. The van der Waals surface area contributed by atoms with E-state index >= 15 is 0 Å². The van der Waals surface area contributed by atoms with Crippen LogP contribution in [0.2, 0.25) is 0 Å². The maximum Gasteiger partial charge on any atom is 0.181 e. The molecule has 3 rings (SSSR count). The summed E-state index contributed by atoms with van der Waals surface area (Å²) in [6.07, 6.45) is 3.09. The molecule has 3 aromatic rings. The lowest BCUT2D eigenvalue weighted by Gasteiger charge is -2.09. The lowest BCUT2D eigenvalue weighted by atomic mass is 10.1. The van der Waals surface area contributed by atoms with Crippen LogP contribution < -0.4 is 5.32 Å². The molecule has 0 saturated heterocycles. The van der Waals surface area contributed by atoms with Gasteiger partial charge in [-0.25, -0.2) is 9.37 Å². The van der Waals surface area contributed by atoms with E-state index in [1.165, 1.54) is 18.5 Å². The van der Waals surface area contributed by atoms with E-state index in [0.717, 1.165) is 27.0 Å². The van der Waals surface area contributed by atoms with Crippen molar-refractivity contribution in [3.05, 3.63) is 70.9 Å². The normalized spacial score (nSPS) is 10.6. The molecule has 0 bridgehead atoms. The van der Waals surface area contributed by atoms with Gasteiger partial charge in [0.05, 0.1) is 6.20 Å². The number of benzene rings is 2. The first kappa shape index (κ1) is 13.8. The van der Waals surface area contributed by atoms with Crippen LogP contribution in [0.5, 0.6) is 0 Å². The third-order valence-corrected chi connectivity index (χ3v) is 3.84. The quantitative estimate of drug-likeness (QED) is 0.733. The smallest absolute Gasteiger partial charge is 0.181 e. The second-order valence-corrected chi connectivity index (χ2v) is 5.39. The standard InChI is InChI=1S/C16H12BrFN2O/c17-15-7-13(18)4-1-12(15)8-20-14-5-2-11(3-6-14)16-9-19-10-21-16/h1-7,9-10,20H,8H2. The third kappa shape index (κ3) is 3.31. The number of anilines is 1. The number of hydrogen-bond donors (Lipinski definition) is 1. The second kappa shape index (κ2) is 6.10. The zero-order chi connectivity index (χ0) is 14.7. The maximum absolute atomic E-state index is 13.0. The van der Waals surface area contributed by atoms with Gasteiger partial charge >= 0.3 is 0 Å². The number of rotatable bonds is 4. The SMILES string of the molecule is Fc1ccc(CNc2ccc(-c3cnco3)cc2)c(Br)c1. The predicted octanol–water partition coefficient (Wildman–Crippen LogP) is 4.86. The molecule has 0 amide bonds. The lowest BCUT2D eigenvalue weighted by molar-refractivity contribution is 0.572. The van der Waals surface area contributed by atoms with E-state index in [9.17, 15) is 4.39 Å². The van der Waals surface area contributed by atoms with Crippen LogP contribution in [0.25, 0.3) is 11.3 Å². The number of halogens is 2. The number of oxazole rings is 1. The molecule has 0 saturated carbocycles. The molecule has 106 valence electrons. The van der Waals surface area contributed by atoms with Crippen molar-refractivity contribution in [3.63, 3.8) is 0 Å². The van der Waals surface area contributed by atoms with Crippen molar-refractivity contribution in [2.24, 2.45) is 0 Å². The van der Waals surface area contributed by atoms with Crippen molar-refractivity contribution in [2.75, 3.05) is 5.32 Å². The molecule has 0 aliphatic rings. The minimum atomic E-state index is -0.248. The Hall–Kier alpha value is -2.14. The fourth-order valence-corrected chi connectivity index (χ4v) is 2.46. The van der Waals surface area contributed by atoms with Crippen LogP contribution in [0.4, 0.5) is 10.1 Å². The van der Waals surface area contributed by atoms with E-state index in [-0.39, 0.29) is 5.82 Å². The van der Waals surface area contributed by atoms with Gasteiger partial charge in [-0.05, 0) is 42.0 Å².